The van der Waals surface area contributed by atoms with Crippen molar-refractivity contribution in [3.8, 4) is 5.75 Å². The first-order valence-corrected chi connectivity index (χ1v) is 15.2. The van der Waals surface area contributed by atoms with Gasteiger partial charge >= 0.3 is 0 Å². The molecule has 0 unspecified atom stereocenters. The molecule has 38 heavy (non-hydrogen) atoms. The van der Waals surface area contributed by atoms with E-state index in [1.807, 2.05) is 60.7 Å². The van der Waals surface area contributed by atoms with E-state index in [9.17, 15) is 0 Å². The number of nitrogens with zero attached hydrogens (tertiary/aromatic N) is 2. The molecule has 0 radical (unpaired) electrons. The zero-order chi connectivity index (χ0) is 26.9. The standard InChI is InChI=1S/C23H21BrClN3O.C7H6Br2/c24-18-8-6-17(7-9-18)16-28-22-5-2-1-4-21(22)27(23(28)26)14-3-15-29-20-12-10-19(25)11-13-20;8-5-6-1-3-7(9)4-2-6/h1-2,4-13,26H,3,14-16H2;1-4H,5H2. The topological polar surface area (TPSA) is 42.9 Å². The Morgan fingerprint density at radius 3 is 1.84 bits per heavy atom. The maximum Gasteiger partial charge on any atom is 0.203 e. The fourth-order valence-corrected chi connectivity index (χ4v) is 5.00. The van der Waals surface area contributed by atoms with Crippen LogP contribution in [0.5, 0.6) is 5.75 Å². The van der Waals surface area contributed by atoms with Gasteiger partial charge in [0.1, 0.15) is 5.75 Å². The molecule has 0 amide bonds. The average Bonchev–Trinajstić information content (AvgIpc) is 3.20. The minimum absolute atomic E-state index is 0.501. The van der Waals surface area contributed by atoms with Crippen LogP contribution in [-0.4, -0.2) is 15.7 Å². The number of hydrogen-bond donors (Lipinski definition) is 1. The highest BCUT2D eigenvalue weighted by molar-refractivity contribution is 9.10. The van der Waals surface area contributed by atoms with Gasteiger partial charge in [0.2, 0.25) is 5.62 Å². The molecule has 0 atom stereocenters. The molecule has 4 nitrogen and oxygen atoms in total. The van der Waals surface area contributed by atoms with Crippen molar-refractivity contribution in [3.05, 3.63) is 128 Å². The molecule has 1 aromatic heterocycles. The van der Waals surface area contributed by atoms with Crippen molar-refractivity contribution in [2.45, 2.75) is 24.8 Å². The lowest BCUT2D eigenvalue weighted by Gasteiger charge is -2.08. The number of benzene rings is 4. The van der Waals surface area contributed by atoms with E-state index in [1.54, 1.807) is 0 Å². The Hall–Kier alpha value is -2.32. The molecule has 0 aliphatic carbocycles. The second-order valence-corrected chi connectivity index (χ2v) is 11.4. The van der Waals surface area contributed by atoms with E-state index in [0.29, 0.717) is 23.8 Å². The summed E-state index contributed by atoms with van der Waals surface area (Å²) >= 11 is 16.1. The Bertz CT molecular complexity index is 1510. The summed E-state index contributed by atoms with van der Waals surface area (Å²) in [5.74, 6) is 0.808. The van der Waals surface area contributed by atoms with Gasteiger partial charge in [-0.3, -0.25) is 5.41 Å². The van der Waals surface area contributed by atoms with Gasteiger partial charge in [-0.1, -0.05) is 95.8 Å². The highest BCUT2D eigenvalue weighted by Gasteiger charge is 2.11. The minimum Gasteiger partial charge on any atom is -0.494 e. The van der Waals surface area contributed by atoms with Crippen molar-refractivity contribution >= 4 is 70.4 Å². The second-order valence-electron chi connectivity index (χ2n) is 8.59. The molecule has 5 rings (SSSR count). The summed E-state index contributed by atoms with van der Waals surface area (Å²) in [5, 5.41) is 10.4. The first-order valence-electron chi connectivity index (χ1n) is 12.1. The number of halogens is 4. The van der Waals surface area contributed by atoms with Gasteiger partial charge in [0.25, 0.3) is 0 Å². The molecular weight excluding hydrogens is 694 g/mol. The van der Waals surface area contributed by atoms with E-state index >= 15 is 0 Å². The maximum atomic E-state index is 8.75. The SMILES string of the molecule is BrCc1ccc(Br)cc1.N=c1n(CCCOc2ccc(Cl)cc2)c2ccccc2n1Cc1ccc(Br)cc1. The molecule has 1 N–H and O–H groups in total. The van der Waals surface area contributed by atoms with Gasteiger partial charge in [-0.05, 0) is 78.2 Å². The quantitative estimate of drug-likeness (QED) is 0.126. The fourth-order valence-electron chi connectivity index (χ4n) is 3.97. The van der Waals surface area contributed by atoms with E-state index in [0.717, 1.165) is 44.0 Å². The Labute approximate surface area is 253 Å². The molecule has 196 valence electrons. The van der Waals surface area contributed by atoms with Crippen LogP contribution >= 0.6 is 59.4 Å². The van der Waals surface area contributed by atoms with Crippen molar-refractivity contribution in [2.75, 3.05) is 6.61 Å². The Morgan fingerprint density at radius 2 is 1.26 bits per heavy atom. The average molecular weight is 721 g/mol. The van der Waals surface area contributed by atoms with E-state index in [1.165, 1.54) is 11.1 Å². The molecule has 1 heterocycles. The predicted octanol–water partition coefficient (Wildman–Crippen LogP) is 9.20. The predicted molar refractivity (Wildman–Crippen MR) is 167 cm³/mol. The first-order chi connectivity index (χ1) is 18.4. The Morgan fingerprint density at radius 1 is 0.711 bits per heavy atom. The lowest BCUT2D eigenvalue weighted by atomic mass is 10.2. The van der Waals surface area contributed by atoms with Crippen LogP contribution in [0.4, 0.5) is 0 Å². The number of rotatable bonds is 8. The summed E-state index contributed by atoms with van der Waals surface area (Å²) < 4.78 is 12.1. The largest absolute Gasteiger partial charge is 0.494 e. The van der Waals surface area contributed by atoms with Gasteiger partial charge < -0.3 is 13.9 Å². The van der Waals surface area contributed by atoms with Crippen molar-refractivity contribution in [1.29, 1.82) is 5.41 Å². The number of ether oxygens (including phenoxy) is 1. The fraction of sp³-hybridized carbons (Fsp3) is 0.167. The number of para-hydroxylation sites is 2. The van der Waals surface area contributed by atoms with Gasteiger partial charge in [-0.15, -0.1) is 0 Å². The third-order valence-electron chi connectivity index (χ3n) is 5.90. The van der Waals surface area contributed by atoms with Crippen molar-refractivity contribution in [1.82, 2.24) is 9.13 Å². The number of alkyl halides is 1. The molecule has 0 spiro atoms. The summed E-state index contributed by atoms with van der Waals surface area (Å²) in [6.07, 6.45) is 0.811. The van der Waals surface area contributed by atoms with Gasteiger partial charge in [0, 0.05) is 25.8 Å². The van der Waals surface area contributed by atoms with Gasteiger partial charge in [0.05, 0.1) is 24.2 Å². The van der Waals surface area contributed by atoms with E-state index in [-0.39, 0.29) is 0 Å². The Balaban J connectivity index is 0.000000317. The molecule has 4 aromatic carbocycles. The third-order valence-corrected chi connectivity index (χ3v) is 7.86. The third kappa shape index (κ3) is 7.85. The lowest BCUT2D eigenvalue weighted by Crippen LogP contribution is -2.25. The van der Waals surface area contributed by atoms with E-state index < -0.39 is 0 Å². The number of aromatic nitrogens is 2. The van der Waals surface area contributed by atoms with Crippen LogP contribution in [0.1, 0.15) is 17.5 Å². The zero-order valence-corrected chi connectivity index (χ0v) is 26.1. The smallest absolute Gasteiger partial charge is 0.203 e. The number of imidazole rings is 1. The van der Waals surface area contributed by atoms with Crippen LogP contribution in [0.25, 0.3) is 11.0 Å². The summed E-state index contributed by atoms with van der Waals surface area (Å²) in [6, 6.07) is 32.1. The lowest BCUT2D eigenvalue weighted by molar-refractivity contribution is 0.301. The van der Waals surface area contributed by atoms with Gasteiger partial charge in [0.15, 0.2) is 0 Å². The number of hydrogen-bond acceptors (Lipinski definition) is 2. The Kier molecular flexibility index (Phi) is 10.7. The number of fused-ring (bicyclic) bond motifs is 1. The number of nitrogens with one attached hydrogen (secondary N) is 1. The first kappa shape index (κ1) is 28.7. The van der Waals surface area contributed by atoms with Gasteiger partial charge in [-0.2, -0.15) is 0 Å². The summed E-state index contributed by atoms with van der Waals surface area (Å²) in [7, 11) is 0. The summed E-state index contributed by atoms with van der Waals surface area (Å²) in [6.45, 7) is 1.97. The molecule has 0 bridgehead atoms. The molecule has 0 fully saturated rings. The minimum atomic E-state index is 0.501. The van der Waals surface area contributed by atoms with Crippen molar-refractivity contribution < 1.29 is 4.74 Å². The molecule has 5 aromatic rings. The van der Waals surface area contributed by atoms with Crippen LogP contribution in [0.3, 0.4) is 0 Å². The zero-order valence-electron chi connectivity index (χ0n) is 20.6. The molecule has 0 aliphatic heterocycles. The highest BCUT2D eigenvalue weighted by atomic mass is 79.9. The summed E-state index contributed by atoms with van der Waals surface area (Å²) in [4.78, 5) is 0. The van der Waals surface area contributed by atoms with Crippen molar-refractivity contribution in [3.63, 3.8) is 0 Å². The normalized spacial score (nSPS) is 10.7. The second kappa shape index (κ2) is 14.2. The van der Waals surface area contributed by atoms with Gasteiger partial charge in [-0.25, -0.2) is 0 Å². The van der Waals surface area contributed by atoms with Crippen LogP contribution in [0.15, 0.2) is 106 Å². The molecule has 0 saturated carbocycles. The molecule has 8 heteroatoms. The highest BCUT2D eigenvalue weighted by Crippen LogP contribution is 2.18. The van der Waals surface area contributed by atoms with Crippen LogP contribution < -0.4 is 10.4 Å². The monoisotopic (exact) mass is 717 g/mol. The maximum absolute atomic E-state index is 8.75. The van der Waals surface area contributed by atoms with Crippen LogP contribution in [-0.2, 0) is 18.4 Å². The van der Waals surface area contributed by atoms with E-state index in [2.05, 4.69) is 93.3 Å². The van der Waals surface area contributed by atoms with Crippen LogP contribution in [0, 0.1) is 5.41 Å². The van der Waals surface area contributed by atoms with Crippen molar-refractivity contribution in [2.24, 2.45) is 0 Å². The molecule has 0 saturated heterocycles. The van der Waals surface area contributed by atoms with E-state index in [4.69, 9.17) is 21.7 Å². The van der Waals surface area contributed by atoms with Crippen LogP contribution in [0.2, 0.25) is 5.02 Å². The molecular formula is C30H27Br3ClN3O. The molecule has 0 aliphatic rings. The summed E-state index contributed by atoms with van der Waals surface area (Å²) in [5.41, 5.74) is 5.11. The number of aryl methyl sites for hydroxylation is 1.